The number of rotatable bonds is 3. The van der Waals surface area contributed by atoms with Crippen LogP contribution >= 0.6 is 0 Å². The number of carbonyl (C=O) groups is 1. The van der Waals surface area contributed by atoms with Crippen molar-refractivity contribution in [1.29, 1.82) is 0 Å². The molecule has 4 heteroatoms. The van der Waals surface area contributed by atoms with Crippen molar-refractivity contribution in [1.82, 2.24) is 10.2 Å². The van der Waals surface area contributed by atoms with Crippen LogP contribution in [0.2, 0.25) is 0 Å². The number of ether oxygens (including phenoxy) is 1. The first-order chi connectivity index (χ1) is 8.72. The third-order valence-electron chi connectivity index (χ3n) is 4.33. The minimum atomic E-state index is 0.189. The molecular weight excluding hydrogens is 228 g/mol. The summed E-state index contributed by atoms with van der Waals surface area (Å²) < 4.78 is 5.79. The van der Waals surface area contributed by atoms with Gasteiger partial charge in [0.2, 0.25) is 5.91 Å². The van der Waals surface area contributed by atoms with Gasteiger partial charge in [0.05, 0.1) is 18.6 Å². The van der Waals surface area contributed by atoms with Crippen molar-refractivity contribution in [2.24, 2.45) is 11.8 Å². The molecule has 1 amide bonds. The van der Waals surface area contributed by atoms with Crippen LogP contribution in [0.1, 0.15) is 33.1 Å². The van der Waals surface area contributed by atoms with Crippen LogP contribution in [-0.4, -0.2) is 49.7 Å². The van der Waals surface area contributed by atoms with Gasteiger partial charge in [0, 0.05) is 19.6 Å². The van der Waals surface area contributed by atoms with E-state index in [9.17, 15) is 4.79 Å². The lowest BCUT2D eigenvalue weighted by Crippen LogP contribution is -2.51. The molecule has 1 N–H and O–H groups in total. The van der Waals surface area contributed by atoms with E-state index in [1.807, 2.05) is 4.90 Å². The molecule has 2 rings (SSSR count). The number of amides is 1. The van der Waals surface area contributed by atoms with Crippen molar-refractivity contribution in [3.8, 4) is 0 Å². The zero-order valence-corrected chi connectivity index (χ0v) is 11.7. The van der Waals surface area contributed by atoms with E-state index in [-0.39, 0.29) is 12.0 Å². The minimum absolute atomic E-state index is 0.189. The highest BCUT2D eigenvalue weighted by molar-refractivity contribution is 5.79. The fraction of sp³-hybridized carbons (Fsp3) is 0.929. The first kappa shape index (κ1) is 13.8. The van der Waals surface area contributed by atoms with E-state index < -0.39 is 0 Å². The molecule has 3 atom stereocenters. The summed E-state index contributed by atoms with van der Waals surface area (Å²) in [5.74, 6) is 1.05. The van der Waals surface area contributed by atoms with Gasteiger partial charge >= 0.3 is 0 Å². The Balaban J connectivity index is 1.89. The lowest BCUT2D eigenvalue weighted by Gasteiger charge is -2.38. The Hall–Kier alpha value is -0.610. The molecule has 2 heterocycles. The SMILES string of the molecule is CCC(C)C1CN(C(=O)C2CCCNC2)CCO1. The second-order valence-corrected chi connectivity index (χ2v) is 5.62. The van der Waals surface area contributed by atoms with Crippen molar-refractivity contribution in [2.75, 3.05) is 32.8 Å². The molecule has 2 aliphatic heterocycles. The smallest absolute Gasteiger partial charge is 0.227 e. The topological polar surface area (TPSA) is 41.6 Å². The maximum Gasteiger partial charge on any atom is 0.227 e. The van der Waals surface area contributed by atoms with Crippen molar-refractivity contribution in [3.63, 3.8) is 0 Å². The van der Waals surface area contributed by atoms with E-state index in [0.29, 0.717) is 18.4 Å². The van der Waals surface area contributed by atoms with Crippen LogP contribution in [0.4, 0.5) is 0 Å². The average molecular weight is 254 g/mol. The summed E-state index contributed by atoms with van der Waals surface area (Å²) in [5, 5.41) is 3.32. The van der Waals surface area contributed by atoms with Crippen LogP contribution in [0.5, 0.6) is 0 Å². The van der Waals surface area contributed by atoms with Crippen LogP contribution in [-0.2, 0) is 9.53 Å². The zero-order valence-electron chi connectivity index (χ0n) is 11.7. The van der Waals surface area contributed by atoms with E-state index in [1.165, 1.54) is 0 Å². The molecule has 0 aromatic carbocycles. The van der Waals surface area contributed by atoms with Gasteiger partial charge in [0.1, 0.15) is 0 Å². The van der Waals surface area contributed by atoms with Gasteiger partial charge in [-0.15, -0.1) is 0 Å². The zero-order chi connectivity index (χ0) is 13.0. The Morgan fingerprint density at radius 2 is 2.39 bits per heavy atom. The van der Waals surface area contributed by atoms with Crippen LogP contribution in [0.15, 0.2) is 0 Å². The van der Waals surface area contributed by atoms with Gasteiger partial charge in [-0.2, -0.15) is 0 Å². The van der Waals surface area contributed by atoms with Gasteiger partial charge in [-0.25, -0.2) is 0 Å². The number of hydrogen-bond acceptors (Lipinski definition) is 3. The molecular formula is C14H26N2O2. The summed E-state index contributed by atoms with van der Waals surface area (Å²) >= 11 is 0. The molecule has 18 heavy (non-hydrogen) atoms. The predicted octanol–water partition coefficient (Wildman–Crippen LogP) is 1.26. The monoisotopic (exact) mass is 254 g/mol. The molecule has 0 spiro atoms. The number of nitrogens with zero attached hydrogens (tertiary/aromatic N) is 1. The highest BCUT2D eigenvalue weighted by Crippen LogP contribution is 2.20. The third kappa shape index (κ3) is 3.23. The number of piperidine rings is 1. The van der Waals surface area contributed by atoms with Crippen LogP contribution in [0, 0.1) is 11.8 Å². The average Bonchev–Trinajstić information content (AvgIpc) is 2.46. The summed E-state index contributed by atoms with van der Waals surface area (Å²) in [7, 11) is 0. The molecule has 4 nitrogen and oxygen atoms in total. The Bertz CT molecular complexity index is 277. The van der Waals surface area contributed by atoms with Crippen LogP contribution < -0.4 is 5.32 Å². The highest BCUT2D eigenvalue weighted by Gasteiger charge is 2.31. The van der Waals surface area contributed by atoms with Gasteiger partial charge in [0.25, 0.3) is 0 Å². The third-order valence-corrected chi connectivity index (χ3v) is 4.33. The van der Waals surface area contributed by atoms with E-state index >= 15 is 0 Å². The number of carbonyl (C=O) groups excluding carboxylic acids is 1. The fourth-order valence-corrected chi connectivity index (χ4v) is 2.80. The Morgan fingerprint density at radius 3 is 3.06 bits per heavy atom. The first-order valence-corrected chi connectivity index (χ1v) is 7.33. The van der Waals surface area contributed by atoms with E-state index in [4.69, 9.17) is 4.74 Å². The first-order valence-electron chi connectivity index (χ1n) is 7.33. The van der Waals surface area contributed by atoms with Gasteiger partial charge < -0.3 is 15.0 Å². The fourth-order valence-electron chi connectivity index (χ4n) is 2.80. The normalized spacial score (nSPS) is 31.1. The molecule has 0 aromatic rings. The number of nitrogens with one attached hydrogen (secondary N) is 1. The van der Waals surface area contributed by atoms with Crippen molar-refractivity contribution in [2.45, 2.75) is 39.2 Å². The van der Waals surface area contributed by atoms with Crippen LogP contribution in [0.25, 0.3) is 0 Å². The summed E-state index contributed by atoms with van der Waals surface area (Å²) in [6, 6.07) is 0. The summed E-state index contributed by atoms with van der Waals surface area (Å²) in [5.41, 5.74) is 0. The number of hydrogen-bond donors (Lipinski definition) is 1. The Labute approximate surface area is 110 Å². The van der Waals surface area contributed by atoms with Crippen molar-refractivity contribution in [3.05, 3.63) is 0 Å². The highest BCUT2D eigenvalue weighted by atomic mass is 16.5. The second-order valence-electron chi connectivity index (χ2n) is 5.62. The standard InChI is InChI=1S/C14H26N2O2/c1-3-11(2)13-10-16(7-8-18-13)14(17)12-5-4-6-15-9-12/h11-13,15H,3-10H2,1-2H3. The van der Waals surface area contributed by atoms with Gasteiger partial charge in [-0.05, 0) is 25.3 Å². The molecule has 0 radical (unpaired) electrons. The molecule has 104 valence electrons. The largest absolute Gasteiger partial charge is 0.374 e. The van der Waals surface area contributed by atoms with Gasteiger partial charge in [-0.1, -0.05) is 20.3 Å². The molecule has 0 bridgehead atoms. The maximum atomic E-state index is 12.4. The predicted molar refractivity (Wildman–Crippen MR) is 71.4 cm³/mol. The second kappa shape index (κ2) is 6.53. The Morgan fingerprint density at radius 1 is 1.56 bits per heavy atom. The molecule has 0 saturated carbocycles. The number of morpholine rings is 1. The molecule has 0 aliphatic carbocycles. The summed E-state index contributed by atoms with van der Waals surface area (Å²) in [6.07, 6.45) is 3.49. The minimum Gasteiger partial charge on any atom is -0.374 e. The van der Waals surface area contributed by atoms with Crippen molar-refractivity contribution >= 4 is 5.91 Å². The quantitative estimate of drug-likeness (QED) is 0.824. The van der Waals surface area contributed by atoms with Gasteiger partial charge in [-0.3, -0.25) is 4.79 Å². The summed E-state index contributed by atoms with van der Waals surface area (Å²) in [6.45, 7) is 8.54. The molecule has 2 saturated heterocycles. The Kier molecular flexibility index (Phi) is 5.01. The summed E-state index contributed by atoms with van der Waals surface area (Å²) in [4.78, 5) is 14.5. The van der Waals surface area contributed by atoms with E-state index in [1.54, 1.807) is 0 Å². The van der Waals surface area contributed by atoms with Crippen molar-refractivity contribution < 1.29 is 9.53 Å². The van der Waals surface area contributed by atoms with Crippen LogP contribution in [0.3, 0.4) is 0 Å². The van der Waals surface area contributed by atoms with Gasteiger partial charge in [0.15, 0.2) is 0 Å². The molecule has 3 unspecified atom stereocenters. The van der Waals surface area contributed by atoms with E-state index in [2.05, 4.69) is 19.2 Å². The molecule has 0 aromatic heterocycles. The lowest BCUT2D eigenvalue weighted by atomic mass is 9.96. The lowest BCUT2D eigenvalue weighted by molar-refractivity contribution is -0.145. The molecule has 2 aliphatic rings. The van der Waals surface area contributed by atoms with E-state index in [0.717, 1.165) is 45.4 Å². The maximum absolute atomic E-state index is 12.4. The molecule has 2 fully saturated rings.